The summed E-state index contributed by atoms with van der Waals surface area (Å²) in [4.78, 5) is 10.3. The van der Waals surface area contributed by atoms with Crippen molar-refractivity contribution >= 4 is 27.2 Å². The normalized spacial score (nSPS) is 9.86. The second-order valence-corrected chi connectivity index (χ2v) is 3.58. The number of nitro benzene ring substituents is 1. The maximum Gasteiger partial charge on any atom is 0.276 e. The molecule has 0 atom stereocenters. The largest absolute Gasteiger partial charge is 0.276 e. The molecule has 0 unspecified atom stereocenters. The zero-order valence-electron chi connectivity index (χ0n) is 7.79. The van der Waals surface area contributed by atoms with Crippen LogP contribution in [0, 0.1) is 17.0 Å². The van der Waals surface area contributed by atoms with Crippen molar-refractivity contribution in [3.8, 4) is 0 Å². The van der Waals surface area contributed by atoms with E-state index in [1.54, 1.807) is 12.1 Å². The Morgan fingerprint density at radius 2 is 2.29 bits per heavy atom. The van der Waals surface area contributed by atoms with E-state index in [4.69, 9.17) is 0 Å². The molecule has 0 aliphatic carbocycles. The monoisotopic (exact) mass is 255 g/mol. The number of allylic oxidation sites excluding steroid dienone is 1. The summed E-state index contributed by atoms with van der Waals surface area (Å²) in [5, 5.41) is 11.2. The van der Waals surface area contributed by atoms with Crippen LogP contribution in [0.5, 0.6) is 0 Å². The summed E-state index contributed by atoms with van der Waals surface area (Å²) in [7, 11) is 0. The number of hydrogen-bond donors (Lipinski definition) is 0. The third kappa shape index (κ3) is 2.20. The highest BCUT2D eigenvalue weighted by Gasteiger charge is 2.14. The highest BCUT2D eigenvalue weighted by atomic mass is 79.9. The number of rotatable bonds is 3. The van der Waals surface area contributed by atoms with E-state index in [9.17, 15) is 10.1 Å². The van der Waals surface area contributed by atoms with Crippen molar-refractivity contribution in [2.75, 3.05) is 5.33 Å². The number of halogens is 1. The molecule has 14 heavy (non-hydrogen) atoms. The standard InChI is InChI=1S/C10H10BrNO2/c1-7-3-4-10(12(13)14)9(5-7)8(2)6-11/h3-5H,2,6H2,1H3. The summed E-state index contributed by atoms with van der Waals surface area (Å²) < 4.78 is 0. The quantitative estimate of drug-likeness (QED) is 0.473. The van der Waals surface area contributed by atoms with Gasteiger partial charge < -0.3 is 0 Å². The first kappa shape index (κ1) is 10.9. The number of nitro groups is 1. The van der Waals surface area contributed by atoms with Gasteiger partial charge in [-0.2, -0.15) is 0 Å². The smallest absolute Gasteiger partial charge is 0.258 e. The maximum absolute atomic E-state index is 10.7. The molecule has 0 radical (unpaired) electrons. The Balaban J connectivity index is 3.29. The predicted molar refractivity (Wildman–Crippen MR) is 60.7 cm³/mol. The Bertz CT molecular complexity index is 388. The fourth-order valence-electron chi connectivity index (χ4n) is 1.16. The molecular weight excluding hydrogens is 246 g/mol. The van der Waals surface area contributed by atoms with Crippen LogP contribution >= 0.6 is 15.9 Å². The molecule has 0 fully saturated rings. The van der Waals surface area contributed by atoms with Crippen molar-refractivity contribution in [2.24, 2.45) is 0 Å². The van der Waals surface area contributed by atoms with Gasteiger partial charge in [0.25, 0.3) is 5.69 Å². The first-order chi connectivity index (χ1) is 6.56. The molecule has 0 heterocycles. The third-order valence-corrected chi connectivity index (χ3v) is 2.57. The molecule has 0 aliphatic rings. The van der Waals surface area contributed by atoms with Crippen LogP contribution in [0.1, 0.15) is 11.1 Å². The topological polar surface area (TPSA) is 43.1 Å². The lowest BCUT2D eigenvalue weighted by atomic mass is 10.0. The molecule has 4 heteroatoms. The van der Waals surface area contributed by atoms with Crippen molar-refractivity contribution in [3.05, 3.63) is 46.0 Å². The van der Waals surface area contributed by atoms with Crippen LogP contribution in [-0.2, 0) is 0 Å². The molecule has 74 valence electrons. The van der Waals surface area contributed by atoms with E-state index >= 15 is 0 Å². The van der Waals surface area contributed by atoms with Gasteiger partial charge in [0.15, 0.2) is 0 Å². The van der Waals surface area contributed by atoms with E-state index in [-0.39, 0.29) is 10.6 Å². The summed E-state index contributed by atoms with van der Waals surface area (Å²) in [6, 6.07) is 5.02. The minimum absolute atomic E-state index is 0.111. The van der Waals surface area contributed by atoms with Gasteiger partial charge in [0, 0.05) is 11.4 Å². The average molecular weight is 256 g/mol. The number of alkyl halides is 1. The Morgan fingerprint density at radius 3 is 2.79 bits per heavy atom. The van der Waals surface area contributed by atoms with Gasteiger partial charge in [0.1, 0.15) is 0 Å². The fraction of sp³-hybridized carbons (Fsp3) is 0.200. The highest BCUT2D eigenvalue weighted by Crippen LogP contribution is 2.26. The Labute approximate surface area is 90.7 Å². The van der Waals surface area contributed by atoms with Crippen LogP contribution in [0.4, 0.5) is 5.69 Å². The maximum atomic E-state index is 10.7. The van der Waals surface area contributed by atoms with Crippen LogP contribution < -0.4 is 0 Å². The molecule has 0 saturated heterocycles. The first-order valence-corrected chi connectivity index (χ1v) is 5.17. The molecule has 1 aromatic carbocycles. The number of benzene rings is 1. The molecule has 0 spiro atoms. The van der Waals surface area contributed by atoms with Crippen molar-refractivity contribution in [3.63, 3.8) is 0 Å². The van der Waals surface area contributed by atoms with Crippen molar-refractivity contribution < 1.29 is 4.92 Å². The van der Waals surface area contributed by atoms with Crippen molar-refractivity contribution in [1.82, 2.24) is 0 Å². The molecule has 0 aromatic heterocycles. The summed E-state index contributed by atoms with van der Waals surface area (Å²) in [6.07, 6.45) is 0. The Kier molecular flexibility index (Phi) is 3.41. The van der Waals surface area contributed by atoms with Crippen molar-refractivity contribution in [2.45, 2.75) is 6.92 Å². The van der Waals surface area contributed by atoms with Crippen LogP contribution in [0.3, 0.4) is 0 Å². The average Bonchev–Trinajstić information content (AvgIpc) is 2.16. The molecule has 0 bridgehead atoms. The predicted octanol–water partition coefficient (Wildman–Crippen LogP) is 3.31. The van der Waals surface area contributed by atoms with Gasteiger partial charge in [-0.25, -0.2) is 0 Å². The van der Waals surface area contributed by atoms with Gasteiger partial charge >= 0.3 is 0 Å². The number of nitrogens with zero attached hydrogens (tertiary/aromatic N) is 1. The van der Waals surface area contributed by atoms with Crippen LogP contribution in [0.25, 0.3) is 5.57 Å². The van der Waals surface area contributed by atoms with E-state index in [1.165, 1.54) is 6.07 Å². The Hall–Kier alpha value is -1.16. The Morgan fingerprint density at radius 1 is 1.64 bits per heavy atom. The zero-order valence-corrected chi connectivity index (χ0v) is 9.37. The zero-order chi connectivity index (χ0) is 10.7. The molecule has 0 N–H and O–H groups in total. The van der Waals surface area contributed by atoms with Crippen LogP contribution in [0.2, 0.25) is 0 Å². The second-order valence-electron chi connectivity index (χ2n) is 3.01. The highest BCUT2D eigenvalue weighted by molar-refractivity contribution is 9.09. The van der Waals surface area contributed by atoms with Gasteiger partial charge in [-0.05, 0) is 18.6 Å². The molecule has 1 aromatic rings. The lowest BCUT2D eigenvalue weighted by Crippen LogP contribution is -1.95. The van der Waals surface area contributed by atoms with Gasteiger partial charge in [-0.1, -0.05) is 34.1 Å². The van der Waals surface area contributed by atoms with Gasteiger partial charge in [0.05, 0.1) is 10.5 Å². The van der Waals surface area contributed by atoms with Crippen LogP contribution in [0.15, 0.2) is 24.8 Å². The summed E-state index contributed by atoms with van der Waals surface area (Å²) >= 11 is 3.24. The minimum atomic E-state index is -0.386. The van der Waals surface area contributed by atoms with Crippen LogP contribution in [-0.4, -0.2) is 10.3 Å². The van der Waals surface area contributed by atoms with Gasteiger partial charge in [-0.15, -0.1) is 0 Å². The SMILES string of the molecule is C=C(CBr)c1cc(C)ccc1[N+](=O)[O-]. The fourth-order valence-corrected chi connectivity index (χ4v) is 1.47. The van der Waals surface area contributed by atoms with E-state index < -0.39 is 0 Å². The lowest BCUT2D eigenvalue weighted by molar-refractivity contribution is -0.385. The van der Waals surface area contributed by atoms with E-state index in [0.717, 1.165) is 11.1 Å². The lowest BCUT2D eigenvalue weighted by Gasteiger charge is -2.04. The van der Waals surface area contributed by atoms with Gasteiger partial charge in [-0.3, -0.25) is 10.1 Å². The number of aryl methyl sites for hydroxylation is 1. The molecule has 1 rings (SSSR count). The molecule has 0 amide bonds. The van der Waals surface area contributed by atoms with E-state index in [1.807, 2.05) is 6.92 Å². The van der Waals surface area contributed by atoms with Gasteiger partial charge in [0.2, 0.25) is 0 Å². The molecular formula is C10H10BrNO2. The number of hydrogen-bond acceptors (Lipinski definition) is 2. The van der Waals surface area contributed by atoms with E-state index in [2.05, 4.69) is 22.5 Å². The van der Waals surface area contributed by atoms with E-state index in [0.29, 0.717) is 10.9 Å². The van der Waals surface area contributed by atoms with Crippen molar-refractivity contribution in [1.29, 1.82) is 0 Å². The molecule has 0 saturated carbocycles. The minimum Gasteiger partial charge on any atom is -0.258 e. The first-order valence-electron chi connectivity index (χ1n) is 4.05. The summed E-state index contributed by atoms with van der Waals surface area (Å²) in [5.74, 6) is 0. The third-order valence-electron chi connectivity index (χ3n) is 1.89. The molecule has 0 aliphatic heterocycles. The second kappa shape index (κ2) is 4.37. The molecule has 3 nitrogen and oxygen atoms in total. The summed E-state index contributed by atoms with van der Waals surface area (Å²) in [5.41, 5.74) is 2.43. The summed E-state index contributed by atoms with van der Waals surface area (Å²) in [6.45, 7) is 5.67.